The summed E-state index contributed by atoms with van der Waals surface area (Å²) < 4.78 is 52.9. The average molecular weight is 723 g/mol. The van der Waals surface area contributed by atoms with E-state index in [-0.39, 0.29) is 0 Å². The van der Waals surface area contributed by atoms with Crippen molar-refractivity contribution in [2.45, 2.75) is 114 Å². The Bertz CT molecular complexity index is 1180. The third-order valence-electron chi connectivity index (χ3n) is 6.06. The summed E-state index contributed by atoms with van der Waals surface area (Å²) >= 11 is 17.2. The highest BCUT2D eigenvalue weighted by atomic mass is 35.6. The standard InChI is InChI=1S/C26H34Cl3NO16/c1-9-17(19(40-12(4)33)21(42-14(6)35)23(38-9)46-25(30)26(27,28)29)45-24-22(43-15(7)36)20(41-13(5)34)18(39-11(3)32)16(44-24)8-37-10(2)31/h9,16-24,30H,8H2,1-7H3/t9-,16-,17+,18+,19+,20+,21-,22-,23-,24-/m1/s1. The predicted octanol–water partition coefficient (Wildman–Crippen LogP) is 1.43. The molecule has 2 rings (SSSR count). The molecule has 0 spiro atoms. The molecule has 2 saturated heterocycles. The van der Waals surface area contributed by atoms with Gasteiger partial charge in [-0.05, 0) is 6.92 Å². The van der Waals surface area contributed by atoms with Gasteiger partial charge in [-0.25, -0.2) is 0 Å². The van der Waals surface area contributed by atoms with E-state index in [4.69, 9.17) is 87.6 Å². The molecular formula is C26H34Cl3NO16. The van der Waals surface area contributed by atoms with E-state index in [1.165, 1.54) is 6.92 Å². The lowest BCUT2D eigenvalue weighted by atomic mass is 9.96. The summed E-state index contributed by atoms with van der Waals surface area (Å²) in [6.07, 6.45) is -15.3. The molecule has 2 aliphatic heterocycles. The van der Waals surface area contributed by atoms with Crippen molar-refractivity contribution in [2.75, 3.05) is 6.61 Å². The molecule has 1 N–H and O–H groups in total. The molecule has 17 nitrogen and oxygen atoms in total. The van der Waals surface area contributed by atoms with Crippen LogP contribution < -0.4 is 0 Å². The second kappa shape index (κ2) is 16.7. The first kappa shape index (κ1) is 39.2. The van der Waals surface area contributed by atoms with Crippen molar-refractivity contribution in [3.63, 3.8) is 0 Å². The number of hydrogen-bond donors (Lipinski definition) is 1. The summed E-state index contributed by atoms with van der Waals surface area (Å²) in [5.74, 6) is -6.09. The molecule has 2 fully saturated rings. The van der Waals surface area contributed by atoms with Crippen molar-refractivity contribution in [1.82, 2.24) is 0 Å². The van der Waals surface area contributed by atoms with Gasteiger partial charge in [0.05, 0.1) is 6.10 Å². The molecule has 10 atom stereocenters. The highest BCUT2D eigenvalue weighted by Gasteiger charge is 2.57. The fourth-order valence-corrected chi connectivity index (χ4v) is 4.67. The van der Waals surface area contributed by atoms with Crippen LogP contribution in [0.15, 0.2) is 0 Å². The Morgan fingerprint density at radius 1 is 0.587 bits per heavy atom. The Hall–Kier alpha value is -2.96. The minimum absolute atomic E-state index is 0.549. The number of halogens is 3. The van der Waals surface area contributed by atoms with E-state index >= 15 is 0 Å². The van der Waals surface area contributed by atoms with Gasteiger partial charge in [-0.2, -0.15) is 0 Å². The van der Waals surface area contributed by atoms with Crippen LogP contribution in [0.25, 0.3) is 0 Å². The van der Waals surface area contributed by atoms with E-state index in [0.717, 1.165) is 41.5 Å². The number of carbonyl (C=O) groups excluding carboxylic acids is 6. The van der Waals surface area contributed by atoms with Crippen LogP contribution in [0.1, 0.15) is 48.5 Å². The van der Waals surface area contributed by atoms with Gasteiger partial charge in [0, 0.05) is 41.5 Å². The van der Waals surface area contributed by atoms with Crippen molar-refractivity contribution in [1.29, 1.82) is 5.41 Å². The molecular weight excluding hydrogens is 689 g/mol. The van der Waals surface area contributed by atoms with Crippen molar-refractivity contribution in [3.8, 4) is 0 Å². The molecule has 0 saturated carbocycles. The molecule has 0 radical (unpaired) electrons. The molecule has 2 heterocycles. The fraction of sp³-hybridized carbons (Fsp3) is 0.731. The summed E-state index contributed by atoms with van der Waals surface area (Å²) in [5.41, 5.74) is 0. The number of alkyl halides is 3. The van der Waals surface area contributed by atoms with Gasteiger partial charge in [-0.15, -0.1) is 0 Å². The summed E-state index contributed by atoms with van der Waals surface area (Å²) in [6, 6.07) is 0. The molecule has 260 valence electrons. The van der Waals surface area contributed by atoms with Crippen molar-refractivity contribution < 1.29 is 76.1 Å². The molecule has 0 amide bonds. The first-order valence-corrected chi connectivity index (χ1v) is 14.6. The largest absolute Gasteiger partial charge is 0.463 e. The Labute approximate surface area is 278 Å². The lowest BCUT2D eigenvalue weighted by Gasteiger charge is -2.48. The summed E-state index contributed by atoms with van der Waals surface area (Å²) in [5, 5.41) is 7.95. The maximum atomic E-state index is 12.2. The van der Waals surface area contributed by atoms with Crippen molar-refractivity contribution >= 4 is 76.5 Å². The molecule has 20 heteroatoms. The summed E-state index contributed by atoms with van der Waals surface area (Å²) in [4.78, 5) is 72.4. The van der Waals surface area contributed by atoms with Crippen LogP contribution in [0.5, 0.6) is 0 Å². The molecule has 2 aliphatic rings. The molecule has 0 aromatic rings. The Kier molecular flexibility index (Phi) is 14.3. The average Bonchev–Trinajstić information content (AvgIpc) is 2.88. The van der Waals surface area contributed by atoms with Gasteiger partial charge in [-0.1, -0.05) is 34.8 Å². The molecule has 0 aromatic heterocycles. The molecule has 0 aromatic carbocycles. The van der Waals surface area contributed by atoms with Gasteiger partial charge in [0.2, 0.25) is 18.3 Å². The number of hydrogen-bond acceptors (Lipinski definition) is 17. The Morgan fingerprint density at radius 2 is 1.00 bits per heavy atom. The van der Waals surface area contributed by atoms with Gasteiger partial charge in [0.1, 0.15) is 18.8 Å². The molecule has 0 bridgehead atoms. The third-order valence-corrected chi connectivity index (χ3v) is 6.58. The van der Waals surface area contributed by atoms with Gasteiger partial charge < -0.3 is 47.4 Å². The van der Waals surface area contributed by atoms with Gasteiger partial charge in [0.25, 0.3) is 3.79 Å². The highest BCUT2D eigenvalue weighted by molar-refractivity contribution is 6.76. The second-order valence-corrected chi connectivity index (χ2v) is 12.3. The number of rotatable bonds is 10. The minimum atomic E-state index is -2.36. The second-order valence-electron chi connectivity index (χ2n) is 9.97. The van der Waals surface area contributed by atoms with Crippen LogP contribution in [0.2, 0.25) is 0 Å². The van der Waals surface area contributed by atoms with Crippen LogP contribution in [-0.2, 0) is 76.1 Å². The van der Waals surface area contributed by atoms with Crippen LogP contribution >= 0.6 is 34.8 Å². The number of esters is 6. The van der Waals surface area contributed by atoms with Gasteiger partial charge in [0.15, 0.2) is 30.7 Å². The fourth-order valence-electron chi connectivity index (χ4n) is 4.53. The van der Waals surface area contributed by atoms with E-state index < -0.39 is 114 Å². The summed E-state index contributed by atoms with van der Waals surface area (Å²) in [7, 11) is 0. The van der Waals surface area contributed by atoms with Crippen LogP contribution in [0.4, 0.5) is 0 Å². The van der Waals surface area contributed by atoms with E-state index in [9.17, 15) is 28.8 Å². The monoisotopic (exact) mass is 721 g/mol. The third kappa shape index (κ3) is 11.4. The van der Waals surface area contributed by atoms with Crippen LogP contribution in [0, 0.1) is 5.41 Å². The number of carbonyl (C=O) groups is 6. The lowest BCUT2D eigenvalue weighted by Crippen LogP contribution is -2.66. The van der Waals surface area contributed by atoms with Crippen LogP contribution in [-0.4, -0.2) is 114 Å². The van der Waals surface area contributed by atoms with Gasteiger partial charge in [-0.3, -0.25) is 34.2 Å². The smallest absolute Gasteiger partial charge is 0.303 e. The van der Waals surface area contributed by atoms with Gasteiger partial charge >= 0.3 is 35.8 Å². The summed E-state index contributed by atoms with van der Waals surface area (Å²) in [6.45, 7) is 7.14. The lowest BCUT2D eigenvalue weighted by molar-refractivity contribution is -0.352. The highest BCUT2D eigenvalue weighted by Crippen LogP contribution is 2.36. The molecule has 46 heavy (non-hydrogen) atoms. The molecule has 0 aliphatic carbocycles. The maximum absolute atomic E-state index is 12.2. The van der Waals surface area contributed by atoms with E-state index in [0.29, 0.717) is 0 Å². The number of nitrogens with one attached hydrogen (secondary N) is 1. The zero-order valence-electron chi connectivity index (χ0n) is 25.6. The van der Waals surface area contributed by atoms with E-state index in [2.05, 4.69) is 0 Å². The Balaban J connectivity index is 2.63. The number of ether oxygens (including phenoxy) is 10. The first-order valence-electron chi connectivity index (χ1n) is 13.5. The zero-order chi connectivity index (χ0) is 35.1. The SMILES string of the molecule is CC(=O)OC[C@H]1O[C@H](O[C@@H]2[C@H](OC(C)=O)[C@@H](OC(C)=O)[C@@H](OC(=N)C(Cl)(Cl)Cl)O[C@@H]2C)[C@H](OC(C)=O)[C@@H](OC(C)=O)[C@H]1OC(C)=O. The zero-order valence-corrected chi connectivity index (χ0v) is 27.9. The quantitative estimate of drug-likeness (QED) is 0.111. The van der Waals surface area contributed by atoms with E-state index in [1.807, 2.05) is 0 Å². The van der Waals surface area contributed by atoms with Crippen molar-refractivity contribution in [3.05, 3.63) is 0 Å². The van der Waals surface area contributed by atoms with E-state index in [1.54, 1.807) is 0 Å². The molecule has 0 unspecified atom stereocenters. The maximum Gasteiger partial charge on any atom is 0.303 e. The topological polar surface area (TPSA) is 219 Å². The van der Waals surface area contributed by atoms with Crippen LogP contribution in [0.3, 0.4) is 0 Å². The first-order chi connectivity index (χ1) is 21.2. The normalized spacial score (nSPS) is 31.0. The predicted molar refractivity (Wildman–Crippen MR) is 151 cm³/mol. The van der Waals surface area contributed by atoms with Crippen molar-refractivity contribution in [2.24, 2.45) is 0 Å². The minimum Gasteiger partial charge on any atom is -0.463 e. The Morgan fingerprint density at radius 3 is 1.43 bits per heavy atom.